The summed E-state index contributed by atoms with van der Waals surface area (Å²) >= 11 is 0. The number of aromatic nitrogens is 2. The molecule has 1 aromatic heterocycles. The van der Waals surface area contributed by atoms with Crippen molar-refractivity contribution in [1.29, 1.82) is 0 Å². The van der Waals surface area contributed by atoms with Crippen molar-refractivity contribution in [1.82, 2.24) is 20.6 Å². The van der Waals surface area contributed by atoms with Crippen LogP contribution in [-0.4, -0.2) is 45.1 Å². The maximum atomic E-state index is 11.5. The minimum atomic E-state index is -1.20. The monoisotopic (exact) mass is 269 g/mol. The molecule has 0 aromatic carbocycles. The van der Waals surface area contributed by atoms with Gasteiger partial charge in [0.1, 0.15) is 12.1 Å². The van der Waals surface area contributed by atoms with E-state index in [1.807, 2.05) is 0 Å². The summed E-state index contributed by atoms with van der Waals surface area (Å²) in [4.78, 5) is 39.7. The number of carbonyl (C=O) groups excluding carboxylic acids is 2. The predicted molar refractivity (Wildman–Crippen MR) is 64.0 cm³/mol. The predicted octanol–water partition coefficient (Wildman–Crippen LogP) is -1.42. The number of carbonyl (C=O) groups is 3. The first kappa shape index (κ1) is 14.5. The SMILES string of the molecule is CC(NC(=O)N[C@H](Cc1cnc[nH]1)C(=O)O)C(N)=O. The molecule has 0 saturated heterocycles. The third kappa shape index (κ3) is 4.66. The van der Waals surface area contributed by atoms with E-state index in [0.717, 1.165) is 0 Å². The Morgan fingerprint density at radius 2 is 2.16 bits per heavy atom. The highest BCUT2D eigenvalue weighted by atomic mass is 16.4. The first-order valence-corrected chi connectivity index (χ1v) is 5.46. The average molecular weight is 269 g/mol. The normalized spacial score (nSPS) is 13.3. The molecule has 0 aliphatic carbocycles. The lowest BCUT2D eigenvalue weighted by atomic mass is 10.1. The number of H-pyrrole nitrogens is 1. The molecule has 0 aliphatic heterocycles. The molecule has 1 heterocycles. The van der Waals surface area contributed by atoms with Crippen molar-refractivity contribution in [2.75, 3.05) is 0 Å². The van der Waals surface area contributed by atoms with Gasteiger partial charge >= 0.3 is 12.0 Å². The fourth-order valence-corrected chi connectivity index (χ4v) is 1.28. The molecule has 1 unspecified atom stereocenters. The minimum absolute atomic E-state index is 0.0493. The zero-order chi connectivity index (χ0) is 14.4. The summed E-state index contributed by atoms with van der Waals surface area (Å²) in [5.74, 6) is -1.91. The van der Waals surface area contributed by atoms with Crippen molar-refractivity contribution in [3.63, 3.8) is 0 Å². The molecule has 0 bridgehead atoms. The van der Waals surface area contributed by atoms with Gasteiger partial charge in [-0.3, -0.25) is 4.79 Å². The Hall–Kier alpha value is -2.58. The maximum Gasteiger partial charge on any atom is 0.326 e. The van der Waals surface area contributed by atoms with Crippen LogP contribution >= 0.6 is 0 Å². The summed E-state index contributed by atoms with van der Waals surface area (Å²) in [6, 6.07) is -2.81. The lowest BCUT2D eigenvalue weighted by Crippen LogP contribution is -2.52. The van der Waals surface area contributed by atoms with Crippen LogP contribution in [0.15, 0.2) is 12.5 Å². The second-order valence-electron chi connectivity index (χ2n) is 3.91. The van der Waals surface area contributed by atoms with E-state index in [0.29, 0.717) is 5.69 Å². The van der Waals surface area contributed by atoms with Crippen LogP contribution in [0.3, 0.4) is 0 Å². The Kier molecular flexibility index (Phi) is 4.86. The summed E-state index contributed by atoms with van der Waals surface area (Å²) in [5.41, 5.74) is 5.54. The van der Waals surface area contributed by atoms with Crippen LogP contribution in [0.25, 0.3) is 0 Å². The molecule has 1 rings (SSSR count). The summed E-state index contributed by atoms with van der Waals surface area (Å²) in [5, 5.41) is 13.5. The molecule has 2 atom stereocenters. The quantitative estimate of drug-likeness (QED) is 0.429. The van der Waals surface area contributed by atoms with Gasteiger partial charge in [0.15, 0.2) is 0 Å². The van der Waals surface area contributed by atoms with E-state index >= 15 is 0 Å². The van der Waals surface area contributed by atoms with Gasteiger partial charge in [0.25, 0.3) is 0 Å². The molecule has 0 aliphatic rings. The van der Waals surface area contributed by atoms with Crippen LogP contribution < -0.4 is 16.4 Å². The number of aromatic amines is 1. The summed E-state index contributed by atoms with van der Waals surface area (Å²) < 4.78 is 0. The number of carboxylic acid groups (broad SMARTS) is 1. The number of hydrogen-bond donors (Lipinski definition) is 5. The molecule has 104 valence electrons. The summed E-state index contributed by atoms with van der Waals surface area (Å²) in [6.45, 7) is 1.40. The zero-order valence-corrected chi connectivity index (χ0v) is 10.2. The molecule has 6 N–H and O–H groups in total. The summed E-state index contributed by atoms with van der Waals surface area (Å²) in [6.07, 6.45) is 2.92. The van der Waals surface area contributed by atoms with E-state index in [2.05, 4.69) is 20.6 Å². The highest BCUT2D eigenvalue weighted by Gasteiger charge is 2.22. The van der Waals surface area contributed by atoms with E-state index in [1.54, 1.807) is 0 Å². The van der Waals surface area contributed by atoms with Gasteiger partial charge in [-0.2, -0.15) is 0 Å². The molecule has 0 radical (unpaired) electrons. The van der Waals surface area contributed by atoms with Crippen LogP contribution in [0.4, 0.5) is 4.79 Å². The molecular weight excluding hydrogens is 254 g/mol. The largest absolute Gasteiger partial charge is 0.480 e. The number of nitrogens with one attached hydrogen (secondary N) is 3. The number of nitrogens with two attached hydrogens (primary N) is 1. The van der Waals surface area contributed by atoms with Crippen molar-refractivity contribution in [3.05, 3.63) is 18.2 Å². The van der Waals surface area contributed by atoms with E-state index in [9.17, 15) is 14.4 Å². The Bertz CT molecular complexity index is 458. The van der Waals surface area contributed by atoms with Gasteiger partial charge in [0.2, 0.25) is 5.91 Å². The molecule has 3 amide bonds. The molecule has 0 saturated carbocycles. The standard InChI is InChI=1S/C10H15N5O4/c1-5(8(11)16)14-10(19)15-7(9(17)18)2-6-3-12-4-13-6/h3-5,7H,2H2,1H3,(H2,11,16)(H,12,13)(H,17,18)(H2,14,15,19)/t5?,7-/m1/s1. The average Bonchev–Trinajstić information content (AvgIpc) is 2.80. The minimum Gasteiger partial charge on any atom is -0.480 e. The number of amides is 3. The number of urea groups is 1. The number of primary amides is 1. The number of imidazole rings is 1. The van der Waals surface area contributed by atoms with Crippen molar-refractivity contribution < 1.29 is 19.5 Å². The highest BCUT2D eigenvalue weighted by Crippen LogP contribution is 1.98. The van der Waals surface area contributed by atoms with Gasteiger partial charge in [-0.15, -0.1) is 0 Å². The maximum absolute atomic E-state index is 11.5. The van der Waals surface area contributed by atoms with Gasteiger partial charge in [0.05, 0.1) is 6.33 Å². The molecular formula is C10H15N5O4. The molecule has 0 fully saturated rings. The molecule has 9 nitrogen and oxygen atoms in total. The lowest BCUT2D eigenvalue weighted by Gasteiger charge is -2.16. The van der Waals surface area contributed by atoms with Crippen LogP contribution in [-0.2, 0) is 16.0 Å². The Morgan fingerprint density at radius 3 is 2.63 bits per heavy atom. The zero-order valence-electron chi connectivity index (χ0n) is 10.2. The van der Waals surface area contributed by atoms with Crippen LogP contribution in [0.2, 0.25) is 0 Å². The molecule has 19 heavy (non-hydrogen) atoms. The number of carboxylic acids is 1. The molecule has 9 heteroatoms. The van der Waals surface area contributed by atoms with Gasteiger partial charge in [-0.1, -0.05) is 0 Å². The van der Waals surface area contributed by atoms with E-state index < -0.39 is 30.0 Å². The van der Waals surface area contributed by atoms with Gasteiger partial charge in [0, 0.05) is 18.3 Å². The second kappa shape index (κ2) is 6.38. The third-order valence-electron chi connectivity index (χ3n) is 2.36. The van der Waals surface area contributed by atoms with E-state index in [1.165, 1.54) is 19.4 Å². The first-order chi connectivity index (χ1) is 8.90. The van der Waals surface area contributed by atoms with Gasteiger partial charge in [-0.05, 0) is 6.92 Å². The van der Waals surface area contributed by atoms with Gasteiger partial charge < -0.3 is 26.5 Å². The number of aliphatic carboxylic acids is 1. The Balaban J connectivity index is 2.56. The second-order valence-corrected chi connectivity index (χ2v) is 3.91. The van der Waals surface area contributed by atoms with Gasteiger partial charge in [-0.25, -0.2) is 14.6 Å². The fourth-order valence-electron chi connectivity index (χ4n) is 1.28. The Labute approximate surface area is 108 Å². The molecule has 0 spiro atoms. The summed E-state index contributed by atoms with van der Waals surface area (Å²) in [7, 11) is 0. The highest BCUT2D eigenvalue weighted by molar-refractivity contribution is 5.87. The number of nitrogens with zero attached hydrogens (tertiary/aromatic N) is 1. The van der Waals surface area contributed by atoms with Crippen LogP contribution in [0, 0.1) is 0 Å². The number of rotatable bonds is 6. The smallest absolute Gasteiger partial charge is 0.326 e. The van der Waals surface area contributed by atoms with Crippen LogP contribution in [0.1, 0.15) is 12.6 Å². The third-order valence-corrected chi connectivity index (χ3v) is 2.36. The van der Waals surface area contributed by atoms with Crippen molar-refractivity contribution in [2.24, 2.45) is 5.73 Å². The Morgan fingerprint density at radius 1 is 1.47 bits per heavy atom. The number of hydrogen-bond acceptors (Lipinski definition) is 4. The molecule has 1 aromatic rings. The van der Waals surface area contributed by atoms with E-state index in [4.69, 9.17) is 10.8 Å². The van der Waals surface area contributed by atoms with E-state index in [-0.39, 0.29) is 6.42 Å². The van der Waals surface area contributed by atoms with Crippen molar-refractivity contribution in [3.8, 4) is 0 Å². The fraction of sp³-hybridized carbons (Fsp3) is 0.400. The lowest BCUT2D eigenvalue weighted by molar-refractivity contribution is -0.139. The van der Waals surface area contributed by atoms with Crippen molar-refractivity contribution >= 4 is 17.9 Å². The van der Waals surface area contributed by atoms with Crippen LogP contribution in [0.5, 0.6) is 0 Å². The first-order valence-electron chi connectivity index (χ1n) is 5.46. The topological polar surface area (TPSA) is 150 Å². The van der Waals surface area contributed by atoms with Crippen molar-refractivity contribution in [2.45, 2.75) is 25.4 Å².